The Morgan fingerprint density at radius 3 is 1.10 bits per heavy atom. The van der Waals surface area contributed by atoms with E-state index in [2.05, 4.69) is 36.7 Å². The summed E-state index contributed by atoms with van der Waals surface area (Å²) in [6, 6.07) is 22.1. The Morgan fingerprint density at radius 1 is 0.444 bits per heavy atom. The molecule has 0 spiro atoms. The summed E-state index contributed by atoms with van der Waals surface area (Å²) in [4.78, 5) is 36.8. The summed E-state index contributed by atoms with van der Waals surface area (Å²) in [7, 11) is -5.79. The molecule has 440 valence electrons. The molecular formula is C58H75ClN6O10S6. The van der Waals surface area contributed by atoms with Crippen molar-refractivity contribution in [1.29, 1.82) is 0 Å². The first-order chi connectivity index (χ1) is 38.7. The standard InChI is InChI=1S/C20H27ClN2O2S2.C19H26N2O2S2.C17H22N2O2S2.2CO2/c1-3-4-5-6-7-8-12-22-19-16-10-9-15(21)14-18(16)27(24,25)23(2)17-11-13-26-20(17)19;1-4-5-6-7-11-20-18-15-9-8-14(2)13-17(15)25(22,23)21(3)16-10-12-24-19(16)18;1-4-5-9-18-16-13-7-6-12(2)11-15(13)23(20,21)19(3)14-8-10-22-17(14)16;2*2-1-3/h9-11,13-14,19,22H,3-8,12H2,1-2H3;8-10,12-13,18,20H,4-7,11H2,1-3H3;6-8,10-11,16,18H,4-5,9H2,1-3H3;;. The van der Waals surface area contributed by atoms with Crippen LogP contribution in [-0.2, 0) is 49.2 Å². The van der Waals surface area contributed by atoms with Gasteiger partial charge in [-0.25, -0.2) is 25.3 Å². The number of sulfonamides is 3. The van der Waals surface area contributed by atoms with Crippen LogP contribution in [-0.4, -0.2) is 78.3 Å². The monoisotopic (exact) mass is 1240 g/mol. The first-order valence-electron chi connectivity index (χ1n) is 27.1. The van der Waals surface area contributed by atoms with Crippen LogP contribution >= 0.6 is 45.6 Å². The molecule has 6 heterocycles. The number of nitrogens with one attached hydrogen (secondary N) is 3. The van der Waals surface area contributed by atoms with Gasteiger partial charge in [0.05, 0.1) is 64.5 Å². The molecule has 0 radical (unpaired) electrons. The summed E-state index contributed by atoms with van der Waals surface area (Å²) in [5, 5.41) is 17.1. The van der Waals surface area contributed by atoms with Gasteiger partial charge in [0.25, 0.3) is 30.1 Å². The molecule has 3 aliphatic rings. The highest BCUT2D eigenvalue weighted by atomic mass is 35.5. The number of thiophene rings is 3. The lowest BCUT2D eigenvalue weighted by molar-refractivity contribution is -0.193. The Morgan fingerprint density at radius 2 is 0.741 bits per heavy atom. The van der Waals surface area contributed by atoms with Crippen molar-refractivity contribution in [1.82, 2.24) is 16.0 Å². The van der Waals surface area contributed by atoms with E-state index in [4.69, 9.17) is 30.8 Å². The number of hydrogen-bond acceptors (Lipinski definition) is 16. The lowest BCUT2D eigenvalue weighted by atomic mass is 10.0. The van der Waals surface area contributed by atoms with Crippen LogP contribution in [0.5, 0.6) is 0 Å². The molecule has 9 rings (SSSR count). The number of halogens is 1. The highest BCUT2D eigenvalue weighted by Crippen LogP contribution is 2.46. The molecule has 3 aromatic heterocycles. The van der Waals surface area contributed by atoms with Crippen molar-refractivity contribution in [3.63, 3.8) is 0 Å². The molecule has 0 bridgehead atoms. The van der Waals surface area contributed by atoms with E-state index in [1.807, 2.05) is 78.5 Å². The Bertz CT molecular complexity index is 3410. The number of rotatable bonds is 18. The smallest absolute Gasteiger partial charge is 0.305 e. The van der Waals surface area contributed by atoms with Gasteiger partial charge < -0.3 is 16.0 Å². The number of benzene rings is 3. The fraction of sp³-hybridized carbons (Fsp3) is 0.448. The summed E-state index contributed by atoms with van der Waals surface area (Å²) in [5.41, 5.74) is 6.70. The number of hydrogen-bond donors (Lipinski definition) is 3. The first kappa shape index (κ1) is 66.7. The van der Waals surface area contributed by atoms with E-state index < -0.39 is 30.1 Å². The van der Waals surface area contributed by atoms with Gasteiger partial charge in [-0.2, -0.15) is 19.2 Å². The zero-order valence-corrected chi connectivity index (χ0v) is 52.9. The molecule has 16 nitrogen and oxygen atoms in total. The van der Waals surface area contributed by atoms with Crippen LogP contribution < -0.4 is 28.9 Å². The molecule has 6 aromatic rings. The molecule has 0 fully saturated rings. The fourth-order valence-corrected chi connectivity index (χ4v) is 17.8. The molecular weight excluding hydrogens is 1170 g/mol. The third-order valence-corrected chi connectivity index (χ3v) is 22.8. The van der Waals surface area contributed by atoms with Gasteiger partial charge in [-0.3, -0.25) is 12.9 Å². The van der Waals surface area contributed by atoms with E-state index in [-0.39, 0.29) is 30.4 Å². The fourth-order valence-electron chi connectivity index (χ4n) is 9.78. The van der Waals surface area contributed by atoms with Crippen molar-refractivity contribution in [2.75, 3.05) is 53.7 Å². The molecule has 3 atom stereocenters. The lowest BCUT2D eigenvalue weighted by Gasteiger charge is -2.19. The molecule has 81 heavy (non-hydrogen) atoms. The lowest BCUT2D eigenvalue weighted by Crippen LogP contribution is -2.26. The van der Waals surface area contributed by atoms with Crippen molar-refractivity contribution in [3.05, 3.63) is 136 Å². The summed E-state index contributed by atoms with van der Waals surface area (Å²) in [5.74, 6) is 0. The van der Waals surface area contributed by atoms with E-state index in [9.17, 15) is 25.3 Å². The van der Waals surface area contributed by atoms with Crippen LogP contribution in [0.4, 0.5) is 17.1 Å². The Labute approximate surface area is 496 Å². The third kappa shape index (κ3) is 16.2. The minimum atomic E-state index is -3.63. The van der Waals surface area contributed by atoms with Crippen LogP contribution in [0.3, 0.4) is 0 Å². The van der Waals surface area contributed by atoms with Crippen LogP contribution in [0.2, 0.25) is 5.02 Å². The zero-order valence-electron chi connectivity index (χ0n) is 47.3. The summed E-state index contributed by atoms with van der Waals surface area (Å²) < 4.78 is 82.7. The van der Waals surface area contributed by atoms with Crippen molar-refractivity contribution < 1.29 is 44.4 Å². The molecule has 3 unspecified atom stereocenters. The van der Waals surface area contributed by atoms with Crippen LogP contribution in [0.15, 0.2) is 104 Å². The number of carbonyl (C=O) groups excluding carboxylic acids is 4. The number of aryl methyl sites for hydroxylation is 2. The van der Waals surface area contributed by atoms with Crippen LogP contribution in [0, 0.1) is 13.8 Å². The Balaban J connectivity index is 0.000000213. The highest BCUT2D eigenvalue weighted by Gasteiger charge is 2.38. The maximum absolute atomic E-state index is 13.1. The molecule has 0 saturated carbocycles. The Kier molecular flexibility index (Phi) is 26.0. The minimum absolute atomic E-state index is 0.0769. The maximum atomic E-state index is 13.1. The summed E-state index contributed by atoms with van der Waals surface area (Å²) in [6.45, 7) is 13.1. The largest absolute Gasteiger partial charge is 0.373 e. The number of fused-ring (bicyclic) bond motifs is 6. The molecule has 3 aliphatic heterocycles. The van der Waals surface area contributed by atoms with Gasteiger partial charge in [0.1, 0.15) is 0 Å². The van der Waals surface area contributed by atoms with Gasteiger partial charge in [-0.1, -0.05) is 120 Å². The van der Waals surface area contributed by atoms with Crippen molar-refractivity contribution >= 4 is 105 Å². The first-order valence-corrected chi connectivity index (χ1v) is 34.4. The SMILES string of the molecule is CCCCCCCCNC1c2ccc(Cl)cc2S(=O)(=O)N(C)c2ccsc21.CCCCCCNC1c2ccc(C)cc2S(=O)(=O)N(C)c2ccsc21.CCCCNC1c2ccc(C)cc2S(=O)(=O)N(C)c2ccsc21.O=C=O.O=C=O. The molecule has 0 saturated heterocycles. The second kappa shape index (κ2) is 31.6. The van der Waals surface area contributed by atoms with Gasteiger partial charge in [-0.15, -0.1) is 34.0 Å². The van der Waals surface area contributed by atoms with Gasteiger partial charge >= 0.3 is 12.3 Å². The van der Waals surface area contributed by atoms with Gasteiger partial charge in [0.2, 0.25) is 0 Å². The predicted octanol–water partition coefficient (Wildman–Crippen LogP) is 12.5. The minimum Gasteiger partial charge on any atom is -0.305 e. The van der Waals surface area contributed by atoms with Gasteiger partial charge in [0, 0.05) is 26.2 Å². The Hall–Kier alpha value is -5.06. The highest BCUT2D eigenvalue weighted by molar-refractivity contribution is 7.93. The van der Waals surface area contributed by atoms with E-state index >= 15 is 0 Å². The number of anilines is 3. The van der Waals surface area contributed by atoms with E-state index in [1.54, 1.807) is 79.4 Å². The molecule has 23 heteroatoms. The number of nitrogens with zero attached hydrogens (tertiary/aromatic N) is 3. The van der Waals surface area contributed by atoms with Crippen molar-refractivity contribution in [2.45, 2.75) is 144 Å². The van der Waals surface area contributed by atoms with E-state index in [0.29, 0.717) is 19.7 Å². The summed E-state index contributed by atoms with van der Waals surface area (Å²) in [6.07, 6.45) is 14.8. The predicted molar refractivity (Wildman–Crippen MR) is 326 cm³/mol. The summed E-state index contributed by atoms with van der Waals surface area (Å²) >= 11 is 10.9. The van der Waals surface area contributed by atoms with Gasteiger partial charge in [0.15, 0.2) is 0 Å². The van der Waals surface area contributed by atoms with Crippen molar-refractivity contribution in [3.8, 4) is 0 Å². The average Bonchev–Trinajstić information content (AvgIpc) is 4.28. The van der Waals surface area contributed by atoms with Crippen LogP contribution in [0.1, 0.15) is 158 Å². The van der Waals surface area contributed by atoms with E-state index in [0.717, 1.165) is 105 Å². The van der Waals surface area contributed by atoms with Crippen LogP contribution in [0.25, 0.3) is 0 Å². The van der Waals surface area contributed by atoms with Gasteiger partial charge in [-0.05, 0) is 139 Å². The normalized spacial score (nSPS) is 17.3. The second-order valence-corrected chi connectivity index (χ2v) is 28.8. The molecule has 3 aromatic carbocycles. The molecule has 3 N–H and O–H groups in total. The zero-order chi connectivity index (χ0) is 59.5. The van der Waals surface area contributed by atoms with E-state index in [1.165, 1.54) is 64.3 Å². The molecule has 0 amide bonds. The third-order valence-electron chi connectivity index (χ3n) is 14.1. The molecule has 0 aliphatic carbocycles. The quantitative estimate of drug-likeness (QED) is 0.0684. The second-order valence-electron chi connectivity index (χ2n) is 19.7. The average molecular weight is 1240 g/mol. The number of unbranched alkanes of at least 4 members (excludes halogenated alkanes) is 9. The maximum Gasteiger partial charge on any atom is 0.373 e. The topological polar surface area (TPSA) is 217 Å². The van der Waals surface area contributed by atoms with Crippen molar-refractivity contribution in [2.24, 2.45) is 0 Å².